The number of ketones is 1. The van der Waals surface area contributed by atoms with Gasteiger partial charge >= 0.3 is 0 Å². The first kappa shape index (κ1) is 9.71. The van der Waals surface area contributed by atoms with Gasteiger partial charge in [0.15, 0.2) is 5.78 Å². The lowest BCUT2D eigenvalue weighted by molar-refractivity contribution is 0.0977. The molecule has 0 heterocycles. The molecule has 0 saturated heterocycles. The van der Waals surface area contributed by atoms with E-state index in [4.69, 9.17) is 5.73 Å². The van der Waals surface area contributed by atoms with Crippen molar-refractivity contribution in [1.29, 1.82) is 0 Å². The molecule has 3 heteroatoms. The number of carbonyl (C=O) groups is 1. The molecule has 74 valence electrons. The van der Waals surface area contributed by atoms with E-state index in [-0.39, 0.29) is 5.78 Å². The maximum atomic E-state index is 11.7. The van der Waals surface area contributed by atoms with E-state index in [0.29, 0.717) is 23.6 Å². The van der Waals surface area contributed by atoms with Gasteiger partial charge in [-0.15, -0.1) is 0 Å². The summed E-state index contributed by atoms with van der Waals surface area (Å²) in [5.41, 5.74) is 7.01. The summed E-state index contributed by atoms with van der Waals surface area (Å²) in [5, 5.41) is 0. The number of hydrogen-bond donors (Lipinski definition) is 1. The topological polar surface area (TPSA) is 43.1 Å². The van der Waals surface area contributed by atoms with E-state index < -0.39 is 0 Å². The summed E-state index contributed by atoms with van der Waals surface area (Å²) >= 11 is 3.32. The summed E-state index contributed by atoms with van der Waals surface area (Å²) in [4.78, 5) is 11.7. The lowest BCUT2D eigenvalue weighted by atomic mass is 10.0. The zero-order valence-electron chi connectivity index (χ0n) is 7.79. The minimum absolute atomic E-state index is 0.178. The van der Waals surface area contributed by atoms with Crippen LogP contribution in [0.5, 0.6) is 0 Å². The van der Waals surface area contributed by atoms with Crippen molar-refractivity contribution in [2.75, 3.05) is 5.73 Å². The van der Waals surface area contributed by atoms with Crippen molar-refractivity contribution in [2.24, 2.45) is 5.92 Å². The number of halogens is 1. The van der Waals surface area contributed by atoms with E-state index in [9.17, 15) is 4.79 Å². The summed E-state index contributed by atoms with van der Waals surface area (Å²) in [6.07, 6.45) is 3.05. The Bertz CT molecular complexity index is 372. The molecule has 1 aliphatic carbocycles. The van der Waals surface area contributed by atoms with Gasteiger partial charge in [-0.05, 0) is 37.0 Å². The molecule has 14 heavy (non-hydrogen) atoms. The highest BCUT2D eigenvalue weighted by Crippen LogP contribution is 2.34. The van der Waals surface area contributed by atoms with Crippen LogP contribution < -0.4 is 5.73 Å². The molecule has 1 aromatic carbocycles. The number of rotatable bonds is 3. The number of anilines is 1. The zero-order valence-corrected chi connectivity index (χ0v) is 9.38. The molecular formula is C11H12BrNO. The molecule has 2 rings (SSSR count). The number of benzene rings is 1. The summed E-state index contributed by atoms with van der Waals surface area (Å²) in [6.45, 7) is 0. The van der Waals surface area contributed by atoms with Crippen LogP contribution in [-0.2, 0) is 0 Å². The van der Waals surface area contributed by atoms with Crippen molar-refractivity contribution in [2.45, 2.75) is 19.3 Å². The number of nitrogens with two attached hydrogens (primary N) is 1. The number of hydrogen-bond acceptors (Lipinski definition) is 2. The molecule has 1 saturated carbocycles. The normalized spacial score (nSPS) is 15.5. The molecule has 0 aliphatic heterocycles. The highest BCUT2D eigenvalue weighted by molar-refractivity contribution is 9.10. The third-order valence-electron chi connectivity index (χ3n) is 2.49. The first-order valence-electron chi connectivity index (χ1n) is 4.75. The number of nitrogen functional groups attached to an aromatic ring is 1. The Morgan fingerprint density at radius 1 is 1.50 bits per heavy atom. The van der Waals surface area contributed by atoms with Crippen molar-refractivity contribution in [3.05, 3.63) is 28.2 Å². The second-order valence-corrected chi connectivity index (χ2v) is 4.72. The second kappa shape index (κ2) is 3.73. The van der Waals surface area contributed by atoms with E-state index in [1.54, 1.807) is 12.1 Å². The molecule has 0 radical (unpaired) electrons. The lowest BCUT2D eigenvalue weighted by Gasteiger charge is -2.04. The van der Waals surface area contributed by atoms with Gasteiger partial charge in [-0.25, -0.2) is 0 Å². The minimum atomic E-state index is 0.178. The van der Waals surface area contributed by atoms with Crippen LogP contribution >= 0.6 is 15.9 Å². The molecule has 0 bridgehead atoms. The van der Waals surface area contributed by atoms with Crippen molar-refractivity contribution in [1.82, 2.24) is 0 Å². The maximum Gasteiger partial charge on any atom is 0.165 e. The average Bonchev–Trinajstić information content (AvgIpc) is 2.87. The number of carbonyl (C=O) groups excluding carboxylic acids is 1. The Labute approximate surface area is 91.6 Å². The van der Waals surface area contributed by atoms with E-state index in [2.05, 4.69) is 15.9 Å². The first-order chi connectivity index (χ1) is 6.66. The van der Waals surface area contributed by atoms with Crippen LogP contribution in [0.4, 0.5) is 5.69 Å². The van der Waals surface area contributed by atoms with Gasteiger partial charge < -0.3 is 5.73 Å². The van der Waals surface area contributed by atoms with Gasteiger partial charge in [0.05, 0.1) is 0 Å². The van der Waals surface area contributed by atoms with Crippen molar-refractivity contribution >= 4 is 27.4 Å². The molecule has 0 spiro atoms. The summed E-state index contributed by atoms with van der Waals surface area (Å²) < 4.78 is 0.915. The molecule has 0 atom stereocenters. The SMILES string of the molecule is Nc1cc(Br)ccc1C(=O)CC1CC1. The van der Waals surface area contributed by atoms with Gasteiger partial charge in [0.25, 0.3) is 0 Å². The van der Waals surface area contributed by atoms with Crippen LogP contribution in [0, 0.1) is 5.92 Å². The quantitative estimate of drug-likeness (QED) is 0.665. The average molecular weight is 254 g/mol. The molecule has 2 N–H and O–H groups in total. The van der Waals surface area contributed by atoms with Gasteiger partial charge in [0.2, 0.25) is 0 Å². The molecule has 2 nitrogen and oxygen atoms in total. The predicted octanol–water partition coefficient (Wildman–Crippen LogP) is 3.01. The van der Waals surface area contributed by atoms with Crippen molar-refractivity contribution in [3.63, 3.8) is 0 Å². The summed E-state index contributed by atoms with van der Waals surface area (Å²) in [5.74, 6) is 0.794. The molecule has 0 aromatic heterocycles. The van der Waals surface area contributed by atoms with Gasteiger partial charge in [0, 0.05) is 22.1 Å². The van der Waals surface area contributed by atoms with E-state index >= 15 is 0 Å². The summed E-state index contributed by atoms with van der Waals surface area (Å²) in [7, 11) is 0. The highest BCUT2D eigenvalue weighted by atomic mass is 79.9. The monoisotopic (exact) mass is 253 g/mol. The van der Waals surface area contributed by atoms with Crippen LogP contribution in [0.15, 0.2) is 22.7 Å². The molecule has 1 fully saturated rings. The Morgan fingerprint density at radius 3 is 2.79 bits per heavy atom. The fourth-order valence-corrected chi connectivity index (χ4v) is 1.86. The van der Waals surface area contributed by atoms with Gasteiger partial charge in [-0.1, -0.05) is 15.9 Å². The van der Waals surface area contributed by atoms with E-state index in [1.807, 2.05) is 6.07 Å². The molecule has 1 aliphatic rings. The third-order valence-corrected chi connectivity index (χ3v) is 2.98. The Hall–Kier alpha value is -0.830. The second-order valence-electron chi connectivity index (χ2n) is 3.80. The molecule has 1 aromatic rings. The van der Waals surface area contributed by atoms with Crippen LogP contribution in [-0.4, -0.2) is 5.78 Å². The Balaban J connectivity index is 2.17. The van der Waals surface area contributed by atoms with Crippen molar-refractivity contribution in [3.8, 4) is 0 Å². The Morgan fingerprint density at radius 2 is 2.21 bits per heavy atom. The molecular weight excluding hydrogens is 242 g/mol. The Kier molecular flexibility index (Phi) is 2.59. The standard InChI is InChI=1S/C11H12BrNO/c12-8-3-4-9(10(13)6-8)11(14)5-7-1-2-7/h3-4,6-7H,1-2,5,13H2. The smallest absolute Gasteiger partial charge is 0.165 e. The van der Waals surface area contributed by atoms with E-state index in [0.717, 1.165) is 4.47 Å². The fourth-order valence-electron chi connectivity index (χ4n) is 1.48. The predicted molar refractivity (Wildman–Crippen MR) is 60.2 cm³/mol. The van der Waals surface area contributed by atoms with Crippen LogP contribution in [0.25, 0.3) is 0 Å². The molecule has 0 amide bonds. The van der Waals surface area contributed by atoms with Crippen LogP contribution in [0.2, 0.25) is 0 Å². The van der Waals surface area contributed by atoms with Crippen molar-refractivity contribution < 1.29 is 4.79 Å². The maximum absolute atomic E-state index is 11.7. The zero-order chi connectivity index (χ0) is 10.1. The summed E-state index contributed by atoms with van der Waals surface area (Å²) in [6, 6.07) is 5.43. The highest BCUT2D eigenvalue weighted by Gasteiger charge is 2.25. The van der Waals surface area contributed by atoms with Crippen LogP contribution in [0.1, 0.15) is 29.6 Å². The lowest BCUT2D eigenvalue weighted by Crippen LogP contribution is -2.04. The van der Waals surface area contributed by atoms with Crippen LogP contribution in [0.3, 0.4) is 0 Å². The van der Waals surface area contributed by atoms with Gasteiger partial charge in [-0.3, -0.25) is 4.79 Å². The first-order valence-corrected chi connectivity index (χ1v) is 5.54. The fraction of sp³-hybridized carbons (Fsp3) is 0.364. The molecule has 0 unspecified atom stereocenters. The van der Waals surface area contributed by atoms with Gasteiger partial charge in [0.1, 0.15) is 0 Å². The minimum Gasteiger partial charge on any atom is -0.398 e. The third kappa shape index (κ3) is 2.15. The van der Waals surface area contributed by atoms with E-state index in [1.165, 1.54) is 12.8 Å². The van der Waals surface area contributed by atoms with Gasteiger partial charge in [-0.2, -0.15) is 0 Å². The number of Topliss-reactive ketones (excluding diaryl/α,β-unsaturated/α-hetero) is 1. The largest absolute Gasteiger partial charge is 0.398 e.